The first-order valence-corrected chi connectivity index (χ1v) is 6.78. The minimum absolute atomic E-state index is 0.0473. The van der Waals surface area contributed by atoms with Crippen molar-refractivity contribution in [2.24, 2.45) is 0 Å². The van der Waals surface area contributed by atoms with E-state index in [1.54, 1.807) is 12.1 Å². The van der Waals surface area contributed by atoms with Gasteiger partial charge in [-0.05, 0) is 50.1 Å². The molecule has 0 aromatic heterocycles. The van der Waals surface area contributed by atoms with Gasteiger partial charge in [-0.1, -0.05) is 23.7 Å². The van der Waals surface area contributed by atoms with Gasteiger partial charge in [0.15, 0.2) is 0 Å². The van der Waals surface area contributed by atoms with E-state index < -0.39 is 5.82 Å². The molecule has 0 fully saturated rings. The summed E-state index contributed by atoms with van der Waals surface area (Å²) in [5, 5.41) is 13.4. The van der Waals surface area contributed by atoms with Crippen LogP contribution in [0.5, 0.6) is 5.75 Å². The summed E-state index contributed by atoms with van der Waals surface area (Å²) in [7, 11) is 0. The van der Waals surface area contributed by atoms with E-state index in [-0.39, 0.29) is 11.1 Å². The van der Waals surface area contributed by atoms with E-state index in [1.807, 2.05) is 32.9 Å². The van der Waals surface area contributed by atoms with Crippen LogP contribution in [0, 0.1) is 19.7 Å². The standard InChI is InChI=1S/C16H17ClFNO/c1-9-4-7-15(10(2)16(9)20)19-11(3)12-5-6-14(18)13(17)8-12/h4-8,11,19-20H,1-3H3. The van der Waals surface area contributed by atoms with Crippen molar-refractivity contribution in [3.8, 4) is 5.75 Å². The van der Waals surface area contributed by atoms with Crippen molar-refractivity contribution in [2.45, 2.75) is 26.8 Å². The molecule has 0 bridgehead atoms. The molecule has 1 atom stereocenters. The third-order valence-corrected chi connectivity index (χ3v) is 3.74. The van der Waals surface area contributed by atoms with Crippen molar-refractivity contribution in [1.82, 2.24) is 0 Å². The molecule has 2 rings (SSSR count). The Kier molecular flexibility index (Phi) is 4.19. The Balaban J connectivity index is 2.25. The maximum absolute atomic E-state index is 13.2. The molecule has 4 heteroatoms. The number of aromatic hydroxyl groups is 1. The van der Waals surface area contributed by atoms with Gasteiger partial charge in [-0.25, -0.2) is 4.39 Å². The molecule has 2 aromatic rings. The van der Waals surface area contributed by atoms with Crippen molar-refractivity contribution in [3.63, 3.8) is 0 Å². The van der Waals surface area contributed by atoms with E-state index in [9.17, 15) is 9.50 Å². The lowest BCUT2D eigenvalue weighted by Gasteiger charge is -2.19. The molecule has 0 heterocycles. The number of anilines is 1. The maximum Gasteiger partial charge on any atom is 0.141 e. The zero-order valence-electron chi connectivity index (χ0n) is 11.7. The molecule has 0 aliphatic heterocycles. The van der Waals surface area contributed by atoms with Crippen LogP contribution in [-0.4, -0.2) is 5.11 Å². The largest absolute Gasteiger partial charge is 0.507 e. The summed E-state index contributed by atoms with van der Waals surface area (Å²) < 4.78 is 13.2. The van der Waals surface area contributed by atoms with Crippen molar-refractivity contribution in [3.05, 3.63) is 57.9 Å². The van der Waals surface area contributed by atoms with Crippen LogP contribution in [-0.2, 0) is 0 Å². The minimum atomic E-state index is -0.424. The normalized spacial score (nSPS) is 12.2. The fraction of sp³-hybridized carbons (Fsp3) is 0.250. The average Bonchev–Trinajstić information content (AvgIpc) is 2.42. The average molecular weight is 294 g/mol. The number of aryl methyl sites for hydroxylation is 1. The smallest absolute Gasteiger partial charge is 0.141 e. The summed E-state index contributed by atoms with van der Waals surface area (Å²) in [5.41, 5.74) is 3.37. The summed E-state index contributed by atoms with van der Waals surface area (Å²) in [6, 6.07) is 8.39. The first-order chi connectivity index (χ1) is 9.40. The lowest BCUT2D eigenvalue weighted by Crippen LogP contribution is -2.08. The molecule has 0 aliphatic carbocycles. The van der Waals surface area contributed by atoms with Crippen LogP contribution in [0.3, 0.4) is 0 Å². The Bertz CT molecular complexity index is 643. The van der Waals surface area contributed by atoms with Gasteiger partial charge in [0.25, 0.3) is 0 Å². The van der Waals surface area contributed by atoms with Crippen LogP contribution < -0.4 is 5.32 Å². The van der Waals surface area contributed by atoms with Gasteiger partial charge in [0.05, 0.1) is 5.02 Å². The Morgan fingerprint density at radius 1 is 1.20 bits per heavy atom. The van der Waals surface area contributed by atoms with Crippen molar-refractivity contribution in [2.75, 3.05) is 5.32 Å². The molecule has 2 N–H and O–H groups in total. The molecule has 1 unspecified atom stereocenters. The number of benzene rings is 2. The molecule has 0 saturated carbocycles. The zero-order valence-corrected chi connectivity index (χ0v) is 12.4. The van der Waals surface area contributed by atoms with Crippen molar-refractivity contribution < 1.29 is 9.50 Å². The monoisotopic (exact) mass is 293 g/mol. The first kappa shape index (κ1) is 14.7. The number of halogens is 2. The molecule has 0 aliphatic rings. The maximum atomic E-state index is 13.2. The van der Waals surface area contributed by atoms with Crippen molar-refractivity contribution >= 4 is 17.3 Å². The molecule has 2 nitrogen and oxygen atoms in total. The van der Waals surface area contributed by atoms with Gasteiger partial charge < -0.3 is 10.4 Å². The summed E-state index contributed by atoms with van der Waals surface area (Å²) in [6.45, 7) is 5.67. The summed E-state index contributed by atoms with van der Waals surface area (Å²) >= 11 is 5.80. The van der Waals surface area contributed by atoms with Gasteiger partial charge in [-0.3, -0.25) is 0 Å². The van der Waals surface area contributed by atoms with E-state index in [2.05, 4.69) is 5.32 Å². The Morgan fingerprint density at radius 3 is 2.55 bits per heavy atom. The summed E-state index contributed by atoms with van der Waals surface area (Å²) in [5.74, 6) is -0.133. The molecule has 0 saturated heterocycles. The molecular weight excluding hydrogens is 277 g/mol. The summed E-state index contributed by atoms with van der Waals surface area (Å²) in [6.07, 6.45) is 0. The second-order valence-electron chi connectivity index (χ2n) is 4.94. The topological polar surface area (TPSA) is 32.3 Å². The fourth-order valence-corrected chi connectivity index (χ4v) is 2.28. The highest BCUT2D eigenvalue weighted by atomic mass is 35.5. The van der Waals surface area contributed by atoms with Gasteiger partial charge >= 0.3 is 0 Å². The SMILES string of the molecule is Cc1ccc(NC(C)c2ccc(F)c(Cl)c2)c(C)c1O. The predicted molar refractivity (Wildman–Crippen MR) is 81.0 cm³/mol. The van der Waals surface area contributed by atoms with Crippen molar-refractivity contribution in [1.29, 1.82) is 0 Å². The molecule has 0 radical (unpaired) electrons. The third-order valence-electron chi connectivity index (χ3n) is 3.45. The van der Waals surface area contributed by atoms with Crippen LogP contribution in [0.1, 0.15) is 29.7 Å². The number of hydrogen-bond acceptors (Lipinski definition) is 2. The minimum Gasteiger partial charge on any atom is -0.507 e. The van der Waals surface area contributed by atoms with E-state index in [0.29, 0.717) is 5.75 Å². The summed E-state index contributed by atoms with van der Waals surface area (Å²) in [4.78, 5) is 0. The van der Waals surface area contributed by atoms with E-state index >= 15 is 0 Å². The molecule has 106 valence electrons. The highest BCUT2D eigenvalue weighted by Gasteiger charge is 2.11. The number of rotatable bonds is 3. The Hall–Kier alpha value is -1.74. The zero-order chi connectivity index (χ0) is 14.9. The van der Waals surface area contributed by atoms with Crippen LogP contribution in [0.15, 0.2) is 30.3 Å². The van der Waals surface area contributed by atoms with Gasteiger partial charge in [-0.15, -0.1) is 0 Å². The molecule has 0 spiro atoms. The highest BCUT2D eigenvalue weighted by molar-refractivity contribution is 6.30. The number of phenols is 1. The lowest BCUT2D eigenvalue weighted by molar-refractivity contribution is 0.467. The van der Waals surface area contributed by atoms with E-state index in [1.165, 1.54) is 6.07 Å². The lowest BCUT2D eigenvalue weighted by atomic mass is 10.1. The van der Waals surface area contributed by atoms with Gasteiger partial charge in [-0.2, -0.15) is 0 Å². The first-order valence-electron chi connectivity index (χ1n) is 6.40. The number of phenolic OH excluding ortho intramolecular Hbond substituents is 1. The van der Waals surface area contributed by atoms with Gasteiger partial charge in [0.2, 0.25) is 0 Å². The Labute approximate surface area is 123 Å². The number of hydrogen-bond donors (Lipinski definition) is 2. The molecule has 0 amide bonds. The second kappa shape index (κ2) is 5.71. The molecule has 20 heavy (non-hydrogen) atoms. The molecule has 2 aromatic carbocycles. The van der Waals surface area contributed by atoms with Crippen LogP contribution in [0.4, 0.5) is 10.1 Å². The predicted octanol–water partition coefficient (Wildman–Crippen LogP) is 4.97. The van der Waals surface area contributed by atoms with Crippen LogP contribution >= 0.6 is 11.6 Å². The highest BCUT2D eigenvalue weighted by Crippen LogP contribution is 2.31. The fourth-order valence-electron chi connectivity index (χ4n) is 2.09. The van der Waals surface area contributed by atoms with Gasteiger partial charge in [0, 0.05) is 17.3 Å². The van der Waals surface area contributed by atoms with Crippen LogP contribution in [0.2, 0.25) is 5.02 Å². The molecular formula is C16H17ClFNO. The quantitative estimate of drug-likeness (QED) is 0.837. The number of nitrogens with one attached hydrogen (secondary N) is 1. The third kappa shape index (κ3) is 2.88. The van der Waals surface area contributed by atoms with E-state index in [4.69, 9.17) is 11.6 Å². The Morgan fingerprint density at radius 2 is 1.90 bits per heavy atom. The second-order valence-corrected chi connectivity index (χ2v) is 5.35. The van der Waals surface area contributed by atoms with E-state index in [0.717, 1.165) is 22.4 Å². The van der Waals surface area contributed by atoms with Gasteiger partial charge in [0.1, 0.15) is 11.6 Å². The van der Waals surface area contributed by atoms with Crippen LogP contribution in [0.25, 0.3) is 0 Å².